The monoisotopic (exact) mass is 308 g/mol. The topological polar surface area (TPSA) is 76.0 Å². The summed E-state index contributed by atoms with van der Waals surface area (Å²) >= 11 is 2.85. The Kier molecular flexibility index (Phi) is 4.30. The lowest BCUT2D eigenvalue weighted by Gasteiger charge is -2.15. The van der Waals surface area contributed by atoms with Crippen LogP contribution < -0.4 is 4.74 Å². The van der Waals surface area contributed by atoms with Crippen molar-refractivity contribution >= 4 is 21.9 Å². The second-order valence-electron chi connectivity index (χ2n) is 3.06. The number of phenols is 1. The van der Waals surface area contributed by atoms with Crippen LogP contribution in [0.1, 0.15) is 11.7 Å². The molecule has 0 aliphatic heterocycles. The van der Waals surface area contributed by atoms with E-state index in [1.54, 1.807) is 0 Å². The van der Waals surface area contributed by atoms with Gasteiger partial charge in [0.25, 0.3) is 0 Å². The molecule has 1 atom stereocenters. The normalized spacial score (nSPS) is 12.1. The van der Waals surface area contributed by atoms with E-state index < -0.39 is 29.2 Å². The van der Waals surface area contributed by atoms with Crippen molar-refractivity contribution in [3.05, 3.63) is 21.9 Å². The van der Waals surface area contributed by atoms with E-state index in [2.05, 4.69) is 20.7 Å². The summed E-state index contributed by atoms with van der Waals surface area (Å²) in [5, 5.41) is 19.1. The minimum absolute atomic E-state index is 0.103. The number of phenolic OH excluding ortho intramolecular Hbond substituents is 1. The van der Waals surface area contributed by atoms with Crippen molar-refractivity contribution < 1.29 is 28.9 Å². The van der Waals surface area contributed by atoms with E-state index in [-0.39, 0.29) is 10.2 Å². The van der Waals surface area contributed by atoms with E-state index in [1.165, 1.54) is 7.11 Å². The highest BCUT2D eigenvalue weighted by atomic mass is 79.9. The zero-order chi connectivity index (χ0) is 13.2. The van der Waals surface area contributed by atoms with Crippen LogP contribution in [0, 0.1) is 5.82 Å². The summed E-state index contributed by atoms with van der Waals surface area (Å²) in [6.45, 7) is 0. The molecule has 0 bridgehead atoms. The van der Waals surface area contributed by atoms with Crippen LogP contribution in [0.4, 0.5) is 4.39 Å². The molecular weight excluding hydrogens is 299 g/mol. The van der Waals surface area contributed by atoms with Gasteiger partial charge >= 0.3 is 5.97 Å². The standard InChI is InChI=1S/C10H10BrFO5/c1-16-9-5(13)3-4(11)7(12)6(9)8(14)10(15)17-2/h3,8,13-14H,1-2H3. The summed E-state index contributed by atoms with van der Waals surface area (Å²) in [6.07, 6.45) is -1.88. The highest BCUT2D eigenvalue weighted by Crippen LogP contribution is 2.40. The third kappa shape index (κ3) is 2.50. The van der Waals surface area contributed by atoms with Crippen LogP contribution in [0.25, 0.3) is 0 Å². The number of hydrogen-bond donors (Lipinski definition) is 2. The molecule has 0 saturated carbocycles. The number of ether oxygens (including phenoxy) is 2. The lowest BCUT2D eigenvalue weighted by atomic mass is 10.1. The fourth-order valence-corrected chi connectivity index (χ4v) is 1.73. The molecule has 0 saturated heterocycles. The maximum Gasteiger partial charge on any atom is 0.339 e. The zero-order valence-electron chi connectivity index (χ0n) is 9.03. The summed E-state index contributed by atoms with van der Waals surface area (Å²) in [5.74, 6) is -2.68. The van der Waals surface area contributed by atoms with Crippen LogP contribution in [0.15, 0.2) is 10.5 Å². The van der Waals surface area contributed by atoms with Crippen LogP contribution in [-0.4, -0.2) is 30.4 Å². The van der Waals surface area contributed by atoms with Crippen LogP contribution in [0.2, 0.25) is 0 Å². The Balaban J connectivity index is 3.44. The Morgan fingerprint density at radius 3 is 2.59 bits per heavy atom. The molecule has 5 nitrogen and oxygen atoms in total. The van der Waals surface area contributed by atoms with Gasteiger partial charge in [0.2, 0.25) is 0 Å². The molecular formula is C10H10BrFO5. The van der Waals surface area contributed by atoms with Crippen molar-refractivity contribution in [2.24, 2.45) is 0 Å². The van der Waals surface area contributed by atoms with E-state index in [9.17, 15) is 19.4 Å². The molecule has 1 rings (SSSR count). The molecule has 0 radical (unpaired) electrons. The van der Waals surface area contributed by atoms with Crippen molar-refractivity contribution in [1.29, 1.82) is 0 Å². The fourth-order valence-electron chi connectivity index (χ4n) is 1.30. The van der Waals surface area contributed by atoms with Gasteiger partial charge in [-0.25, -0.2) is 9.18 Å². The molecule has 1 aromatic carbocycles. The first-order valence-corrected chi connectivity index (χ1v) is 5.24. The zero-order valence-corrected chi connectivity index (χ0v) is 10.6. The number of esters is 1. The van der Waals surface area contributed by atoms with Gasteiger partial charge in [0, 0.05) is 6.07 Å². The number of aromatic hydroxyl groups is 1. The molecule has 94 valence electrons. The molecule has 0 spiro atoms. The summed E-state index contributed by atoms with van der Waals surface area (Å²) in [7, 11) is 2.23. The first kappa shape index (κ1) is 13.7. The van der Waals surface area contributed by atoms with Gasteiger partial charge in [-0.1, -0.05) is 0 Å². The molecule has 0 heterocycles. The summed E-state index contributed by atoms with van der Waals surface area (Å²) in [5.41, 5.74) is -0.480. The van der Waals surface area contributed by atoms with Gasteiger partial charge in [0.1, 0.15) is 5.82 Å². The lowest BCUT2D eigenvalue weighted by Crippen LogP contribution is -2.16. The highest BCUT2D eigenvalue weighted by Gasteiger charge is 2.29. The average molecular weight is 309 g/mol. The summed E-state index contributed by atoms with van der Waals surface area (Å²) in [6, 6.07) is 1.06. The molecule has 0 aliphatic carbocycles. The minimum Gasteiger partial charge on any atom is -0.504 e. The van der Waals surface area contributed by atoms with E-state index in [0.29, 0.717) is 0 Å². The van der Waals surface area contributed by atoms with E-state index >= 15 is 0 Å². The van der Waals surface area contributed by atoms with E-state index in [4.69, 9.17) is 4.74 Å². The van der Waals surface area contributed by atoms with Crippen molar-refractivity contribution in [2.75, 3.05) is 14.2 Å². The molecule has 17 heavy (non-hydrogen) atoms. The number of aliphatic hydroxyl groups is 1. The Bertz CT molecular complexity index is 449. The number of methoxy groups -OCH3 is 2. The van der Waals surface area contributed by atoms with Crippen molar-refractivity contribution in [3.8, 4) is 11.5 Å². The summed E-state index contributed by atoms with van der Waals surface area (Å²) in [4.78, 5) is 11.2. The van der Waals surface area contributed by atoms with Gasteiger partial charge in [-0.05, 0) is 15.9 Å². The lowest BCUT2D eigenvalue weighted by molar-refractivity contribution is -0.151. The van der Waals surface area contributed by atoms with Crippen LogP contribution in [-0.2, 0) is 9.53 Å². The molecule has 1 aromatic rings. The fraction of sp³-hybridized carbons (Fsp3) is 0.300. The average Bonchev–Trinajstić information content (AvgIpc) is 2.31. The second kappa shape index (κ2) is 5.33. The van der Waals surface area contributed by atoms with E-state index in [0.717, 1.165) is 13.2 Å². The Morgan fingerprint density at radius 1 is 1.53 bits per heavy atom. The number of carbonyl (C=O) groups excluding carboxylic acids is 1. The third-order valence-electron chi connectivity index (χ3n) is 2.09. The molecule has 0 fully saturated rings. The van der Waals surface area contributed by atoms with Crippen LogP contribution >= 0.6 is 15.9 Å². The Hall–Kier alpha value is -1.34. The Morgan fingerprint density at radius 2 is 2.12 bits per heavy atom. The number of aliphatic hydroxyl groups excluding tert-OH is 1. The van der Waals surface area contributed by atoms with Gasteiger partial charge in [-0.15, -0.1) is 0 Å². The van der Waals surface area contributed by atoms with Gasteiger partial charge in [-0.2, -0.15) is 0 Å². The number of rotatable bonds is 3. The first-order chi connectivity index (χ1) is 7.93. The largest absolute Gasteiger partial charge is 0.504 e. The maximum atomic E-state index is 13.8. The third-order valence-corrected chi connectivity index (χ3v) is 2.67. The number of carbonyl (C=O) groups is 1. The first-order valence-electron chi connectivity index (χ1n) is 4.44. The van der Waals surface area contributed by atoms with Crippen LogP contribution in [0.3, 0.4) is 0 Å². The molecule has 1 unspecified atom stereocenters. The molecule has 0 aliphatic rings. The molecule has 2 N–H and O–H groups in total. The second-order valence-corrected chi connectivity index (χ2v) is 3.92. The predicted molar refractivity (Wildman–Crippen MR) is 59.3 cm³/mol. The minimum atomic E-state index is -1.88. The van der Waals surface area contributed by atoms with Gasteiger partial charge in [0.15, 0.2) is 17.6 Å². The number of halogens is 2. The quantitative estimate of drug-likeness (QED) is 0.828. The van der Waals surface area contributed by atoms with Crippen molar-refractivity contribution in [1.82, 2.24) is 0 Å². The van der Waals surface area contributed by atoms with E-state index in [1.807, 2.05) is 0 Å². The van der Waals surface area contributed by atoms with Crippen molar-refractivity contribution in [2.45, 2.75) is 6.10 Å². The van der Waals surface area contributed by atoms with Gasteiger partial charge < -0.3 is 19.7 Å². The molecule has 0 aromatic heterocycles. The smallest absolute Gasteiger partial charge is 0.339 e. The van der Waals surface area contributed by atoms with Crippen LogP contribution in [0.5, 0.6) is 11.5 Å². The van der Waals surface area contributed by atoms with Crippen molar-refractivity contribution in [3.63, 3.8) is 0 Å². The molecule has 0 amide bonds. The SMILES string of the molecule is COC(=O)C(O)c1c(F)c(Br)cc(O)c1OC. The maximum absolute atomic E-state index is 13.8. The van der Waals surface area contributed by atoms with Gasteiger partial charge in [0.05, 0.1) is 24.3 Å². The highest BCUT2D eigenvalue weighted by molar-refractivity contribution is 9.10. The molecule has 7 heteroatoms. The number of hydrogen-bond acceptors (Lipinski definition) is 5. The Labute approximate surface area is 105 Å². The van der Waals surface area contributed by atoms with Gasteiger partial charge in [-0.3, -0.25) is 0 Å². The summed E-state index contributed by atoms with van der Waals surface area (Å²) < 4.78 is 22.7. The number of benzene rings is 1. The predicted octanol–water partition coefficient (Wildman–Crippen LogP) is 1.51.